The number of hydrogen-bond acceptors (Lipinski definition) is 4. The molecule has 2 amide bonds. The largest absolute Gasteiger partial charge is 0.274 e. The summed E-state index contributed by atoms with van der Waals surface area (Å²) in [6.07, 6.45) is -0.215. The Kier molecular flexibility index (Phi) is 6.92. The van der Waals surface area contributed by atoms with Gasteiger partial charge < -0.3 is 0 Å². The van der Waals surface area contributed by atoms with Crippen molar-refractivity contribution in [3.8, 4) is 0 Å². The Bertz CT molecular complexity index is 1320. The highest BCUT2D eigenvalue weighted by molar-refractivity contribution is 7.89. The van der Waals surface area contributed by atoms with E-state index in [0.717, 1.165) is 21.6 Å². The van der Waals surface area contributed by atoms with Crippen LogP contribution in [0.4, 0.5) is 5.69 Å². The van der Waals surface area contributed by atoms with E-state index in [1.165, 1.54) is 4.31 Å². The second-order valence-corrected chi connectivity index (χ2v) is 11.1. The van der Waals surface area contributed by atoms with Crippen molar-refractivity contribution in [2.24, 2.45) is 0 Å². The van der Waals surface area contributed by atoms with Crippen molar-refractivity contribution in [3.63, 3.8) is 0 Å². The lowest BCUT2D eigenvalue weighted by Gasteiger charge is -2.32. The zero-order chi connectivity index (χ0) is 25.3. The Morgan fingerprint density at radius 1 is 0.829 bits per heavy atom. The number of anilines is 1. The lowest BCUT2D eigenvalue weighted by molar-refractivity contribution is -0.122. The van der Waals surface area contributed by atoms with Crippen molar-refractivity contribution in [2.45, 2.75) is 57.0 Å². The highest BCUT2D eigenvalue weighted by atomic mass is 32.2. The minimum atomic E-state index is -4.09. The molecule has 0 bridgehead atoms. The molecule has 1 aliphatic rings. The van der Waals surface area contributed by atoms with Gasteiger partial charge in [-0.2, -0.15) is 4.31 Å². The van der Waals surface area contributed by atoms with Gasteiger partial charge in [0.15, 0.2) is 0 Å². The second-order valence-electron chi connectivity index (χ2n) is 9.27. The topological polar surface area (TPSA) is 74.8 Å². The van der Waals surface area contributed by atoms with Crippen molar-refractivity contribution < 1.29 is 18.0 Å². The van der Waals surface area contributed by atoms with Crippen molar-refractivity contribution in [1.29, 1.82) is 0 Å². The molecule has 0 saturated carbocycles. The van der Waals surface area contributed by atoms with Gasteiger partial charge in [0.2, 0.25) is 15.9 Å². The van der Waals surface area contributed by atoms with Crippen LogP contribution in [0.2, 0.25) is 0 Å². The summed E-state index contributed by atoms with van der Waals surface area (Å²) in [6.45, 7) is 7.76. The molecular formula is C28H30N2O4S. The van der Waals surface area contributed by atoms with E-state index < -0.39 is 33.9 Å². The minimum absolute atomic E-state index is 0.0888. The number of imide groups is 1. The fourth-order valence-electron chi connectivity index (χ4n) is 4.45. The summed E-state index contributed by atoms with van der Waals surface area (Å²) in [5.41, 5.74) is 3.20. The van der Waals surface area contributed by atoms with Gasteiger partial charge in [-0.1, -0.05) is 74.0 Å². The average molecular weight is 491 g/mol. The molecular weight excluding hydrogens is 460 g/mol. The molecule has 7 heteroatoms. The third kappa shape index (κ3) is 4.79. The molecule has 1 heterocycles. The molecule has 1 aliphatic heterocycles. The van der Waals surface area contributed by atoms with Crippen molar-refractivity contribution >= 4 is 27.5 Å². The number of hydrogen-bond donors (Lipinski definition) is 0. The molecule has 0 aliphatic carbocycles. The molecule has 35 heavy (non-hydrogen) atoms. The van der Waals surface area contributed by atoms with Gasteiger partial charge in [0.25, 0.3) is 5.91 Å². The summed E-state index contributed by atoms with van der Waals surface area (Å²) in [7, 11) is -4.09. The lowest BCUT2D eigenvalue weighted by atomic mass is 10.0. The first-order valence-electron chi connectivity index (χ1n) is 11.7. The molecule has 0 spiro atoms. The van der Waals surface area contributed by atoms with Gasteiger partial charge in [0.05, 0.1) is 17.0 Å². The number of carbonyl (C=O) groups excluding carboxylic acids is 2. The van der Waals surface area contributed by atoms with Gasteiger partial charge in [-0.25, -0.2) is 13.3 Å². The van der Waals surface area contributed by atoms with E-state index in [-0.39, 0.29) is 11.3 Å². The Hall–Kier alpha value is -3.29. The number of amides is 2. The highest BCUT2D eigenvalue weighted by Crippen LogP contribution is 2.36. The number of rotatable bonds is 7. The summed E-state index contributed by atoms with van der Waals surface area (Å²) >= 11 is 0. The first kappa shape index (κ1) is 24.8. The molecule has 182 valence electrons. The van der Waals surface area contributed by atoms with Crippen molar-refractivity contribution in [1.82, 2.24) is 4.31 Å². The molecule has 0 N–H and O–H groups in total. The van der Waals surface area contributed by atoms with E-state index in [0.29, 0.717) is 11.6 Å². The minimum Gasteiger partial charge on any atom is -0.274 e. The molecule has 2 unspecified atom stereocenters. The summed E-state index contributed by atoms with van der Waals surface area (Å²) in [6, 6.07) is 21.1. The van der Waals surface area contributed by atoms with Gasteiger partial charge in [-0.15, -0.1) is 0 Å². The maximum Gasteiger partial charge on any atom is 0.252 e. The van der Waals surface area contributed by atoms with E-state index in [1.54, 1.807) is 43.3 Å². The fraction of sp³-hybridized carbons (Fsp3) is 0.286. The standard InChI is InChI=1S/C28H30N2O4S/c1-19(2)22-12-14-24(15-13-22)29-27(31)18-26(28(29)32)30(21(4)23-8-6-5-7-9-23)35(33,34)25-16-10-20(3)11-17-25/h5-17,19,21,26H,18H2,1-4H3. The summed E-state index contributed by atoms with van der Waals surface area (Å²) in [5, 5.41) is 0. The number of nitrogens with zero attached hydrogens (tertiary/aromatic N) is 2. The SMILES string of the molecule is Cc1ccc(S(=O)(=O)N(C2CC(=O)N(c3ccc(C(C)C)cc3)C2=O)C(C)c2ccccc2)cc1. The van der Waals surface area contributed by atoms with E-state index in [4.69, 9.17) is 0 Å². The summed E-state index contributed by atoms with van der Waals surface area (Å²) < 4.78 is 29.0. The highest BCUT2D eigenvalue weighted by Gasteiger charge is 2.48. The molecule has 2 atom stereocenters. The van der Waals surface area contributed by atoms with Gasteiger partial charge in [-0.3, -0.25) is 9.59 Å². The van der Waals surface area contributed by atoms with Crippen LogP contribution in [0.3, 0.4) is 0 Å². The lowest BCUT2D eigenvalue weighted by Crippen LogP contribution is -2.46. The Morgan fingerprint density at radius 3 is 2.00 bits per heavy atom. The first-order valence-corrected chi connectivity index (χ1v) is 13.2. The molecule has 0 radical (unpaired) electrons. The van der Waals surface area contributed by atoms with Crippen LogP contribution in [0.25, 0.3) is 0 Å². The van der Waals surface area contributed by atoms with Crippen LogP contribution in [0, 0.1) is 6.92 Å². The number of aryl methyl sites for hydroxylation is 1. The second kappa shape index (κ2) is 9.76. The number of sulfonamides is 1. The zero-order valence-corrected chi connectivity index (χ0v) is 21.2. The average Bonchev–Trinajstić information content (AvgIpc) is 3.13. The summed E-state index contributed by atoms with van der Waals surface area (Å²) in [5.74, 6) is -0.643. The number of carbonyl (C=O) groups is 2. The Labute approximate surface area is 207 Å². The van der Waals surface area contributed by atoms with Crippen LogP contribution in [-0.4, -0.2) is 30.6 Å². The normalized spacial score (nSPS) is 17.4. The molecule has 4 rings (SSSR count). The molecule has 3 aromatic rings. The zero-order valence-electron chi connectivity index (χ0n) is 20.4. The van der Waals surface area contributed by atoms with Gasteiger partial charge in [0.1, 0.15) is 6.04 Å². The van der Waals surface area contributed by atoms with Crippen molar-refractivity contribution in [3.05, 3.63) is 95.6 Å². The predicted molar refractivity (Wildman–Crippen MR) is 136 cm³/mol. The van der Waals surface area contributed by atoms with E-state index in [9.17, 15) is 18.0 Å². The van der Waals surface area contributed by atoms with Crippen LogP contribution >= 0.6 is 0 Å². The van der Waals surface area contributed by atoms with Gasteiger partial charge >= 0.3 is 0 Å². The third-order valence-electron chi connectivity index (χ3n) is 6.51. The van der Waals surface area contributed by atoms with Crippen LogP contribution in [0.1, 0.15) is 55.8 Å². The monoisotopic (exact) mass is 490 g/mol. The predicted octanol–water partition coefficient (Wildman–Crippen LogP) is 5.20. The van der Waals surface area contributed by atoms with Crippen molar-refractivity contribution in [2.75, 3.05) is 4.90 Å². The molecule has 1 fully saturated rings. The van der Waals surface area contributed by atoms with E-state index >= 15 is 0 Å². The first-order chi connectivity index (χ1) is 16.6. The molecule has 6 nitrogen and oxygen atoms in total. The Balaban J connectivity index is 1.76. The quantitative estimate of drug-likeness (QED) is 0.427. The van der Waals surface area contributed by atoms with Gasteiger partial charge in [0, 0.05) is 6.04 Å². The Morgan fingerprint density at radius 2 is 1.43 bits per heavy atom. The maximum absolute atomic E-state index is 13.9. The van der Waals surface area contributed by atoms with Gasteiger partial charge in [-0.05, 0) is 55.2 Å². The van der Waals surface area contributed by atoms with Crippen LogP contribution < -0.4 is 4.90 Å². The van der Waals surface area contributed by atoms with Crippen LogP contribution in [0.5, 0.6) is 0 Å². The number of benzene rings is 3. The van der Waals surface area contributed by atoms with Crippen LogP contribution in [-0.2, 0) is 19.6 Å². The van der Waals surface area contributed by atoms with E-state index in [2.05, 4.69) is 13.8 Å². The van der Waals surface area contributed by atoms with E-state index in [1.807, 2.05) is 49.4 Å². The summed E-state index contributed by atoms with van der Waals surface area (Å²) in [4.78, 5) is 27.9. The molecule has 0 aromatic heterocycles. The fourth-order valence-corrected chi connectivity index (χ4v) is 6.21. The smallest absolute Gasteiger partial charge is 0.252 e. The molecule has 3 aromatic carbocycles. The third-order valence-corrected chi connectivity index (χ3v) is 8.50. The van der Waals surface area contributed by atoms with Crippen LogP contribution in [0.15, 0.2) is 83.8 Å². The maximum atomic E-state index is 13.9. The molecule has 1 saturated heterocycles.